The first-order valence-electron chi connectivity index (χ1n) is 7.56. The largest absolute Gasteiger partial charge is 0.362 e. The summed E-state index contributed by atoms with van der Waals surface area (Å²) in [6.45, 7) is 1.70. The summed E-state index contributed by atoms with van der Waals surface area (Å²) in [4.78, 5) is 2.79. The van der Waals surface area contributed by atoms with Gasteiger partial charge in [0.1, 0.15) is 6.04 Å². The van der Waals surface area contributed by atoms with Crippen LogP contribution in [0.25, 0.3) is 0 Å². The monoisotopic (exact) mass is 334 g/mol. The zero-order chi connectivity index (χ0) is 15.8. The Hall–Kier alpha value is -1.43. The van der Waals surface area contributed by atoms with Gasteiger partial charge in [0, 0.05) is 6.54 Å². The van der Waals surface area contributed by atoms with Gasteiger partial charge in [0.2, 0.25) is 0 Å². The van der Waals surface area contributed by atoms with E-state index < -0.39 is 0 Å². The van der Waals surface area contributed by atoms with Crippen molar-refractivity contribution in [2.24, 2.45) is 0 Å². The zero-order valence-electron chi connectivity index (χ0n) is 13.1. The van der Waals surface area contributed by atoms with E-state index in [0.717, 1.165) is 24.6 Å². The van der Waals surface area contributed by atoms with Crippen LogP contribution in [-0.2, 0) is 6.42 Å². The summed E-state index contributed by atoms with van der Waals surface area (Å²) in [5.74, 6) is 0. The number of hydrogen-bond acceptors (Lipinski definition) is 2. The van der Waals surface area contributed by atoms with Crippen molar-refractivity contribution in [2.45, 2.75) is 12.5 Å². The number of thiophene rings is 1. The molecule has 0 saturated carbocycles. The Balaban J connectivity index is 1.72. The quantitative estimate of drug-likeness (QED) is 0.672. The minimum absolute atomic E-state index is 0.425. The lowest BCUT2D eigenvalue weighted by molar-refractivity contribution is -0.890. The van der Waals surface area contributed by atoms with E-state index >= 15 is 0 Å². The van der Waals surface area contributed by atoms with Crippen molar-refractivity contribution in [3.8, 4) is 0 Å². The van der Waals surface area contributed by atoms with E-state index in [0.29, 0.717) is 6.04 Å². The first-order chi connectivity index (χ1) is 10.7. The van der Waals surface area contributed by atoms with Crippen LogP contribution in [0, 0.1) is 0 Å². The van der Waals surface area contributed by atoms with Crippen LogP contribution in [0.3, 0.4) is 0 Å². The predicted molar refractivity (Wildman–Crippen MR) is 98.6 cm³/mol. The van der Waals surface area contributed by atoms with Crippen molar-refractivity contribution < 1.29 is 4.90 Å². The third kappa shape index (κ3) is 5.40. The first-order valence-corrected chi connectivity index (χ1v) is 8.84. The van der Waals surface area contributed by atoms with Crippen LogP contribution >= 0.6 is 23.6 Å². The molecule has 2 rings (SSSR count). The number of thiocarbonyl (C=S) groups is 1. The highest BCUT2D eigenvalue weighted by molar-refractivity contribution is 7.80. The Morgan fingerprint density at radius 1 is 1.14 bits per heavy atom. The topological polar surface area (TPSA) is 28.5 Å². The highest BCUT2D eigenvalue weighted by atomic mass is 32.1. The Labute approximate surface area is 142 Å². The molecule has 0 radical (unpaired) electrons. The van der Waals surface area contributed by atoms with Crippen molar-refractivity contribution in [2.75, 3.05) is 27.2 Å². The maximum Gasteiger partial charge on any atom is 0.166 e. The molecule has 1 aromatic heterocycles. The fourth-order valence-corrected chi connectivity index (χ4v) is 3.44. The standard InChI is InChI=1S/C17H23N3S2/c1-20(2)15(16-9-6-12-22-16)13-19-17(21)18-11-10-14-7-4-3-5-8-14/h3-9,12,15H,10-11,13H2,1-2H3,(H2,18,19,21)/p+1/t15-/m1/s1. The maximum atomic E-state index is 5.38. The molecule has 0 unspecified atom stereocenters. The number of benzene rings is 1. The van der Waals surface area contributed by atoms with E-state index in [4.69, 9.17) is 12.2 Å². The summed E-state index contributed by atoms with van der Waals surface area (Å²) in [6.07, 6.45) is 0.982. The molecule has 1 aromatic carbocycles. The van der Waals surface area contributed by atoms with Crippen molar-refractivity contribution >= 4 is 28.7 Å². The fourth-order valence-electron chi connectivity index (χ4n) is 2.30. The van der Waals surface area contributed by atoms with Crippen LogP contribution in [0.4, 0.5) is 0 Å². The molecule has 5 heteroatoms. The molecule has 0 fully saturated rings. The molecule has 3 nitrogen and oxygen atoms in total. The Morgan fingerprint density at radius 3 is 2.55 bits per heavy atom. The summed E-state index contributed by atoms with van der Waals surface area (Å²) >= 11 is 7.18. The van der Waals surface area contributed by atoms with Crippen molar-refractivity contribution in [1.29, 1.82) is 0 Å². The molecule has 1 atom stereocenters. The van der Waals surface area contributed by atoms with Gasteiger partial charge in [-0.25, -0.2) is 0 Å². The van der Waals surface area contributed by atoms with Crippen molar-refractivity contribution in [1.82, 2.24) is 10.6 Å². The van der Waals surface area contributed by atoms with Gasteiger partial charge in [-0.15, -0.1) is 11.3 Å². The van der Waals surface area contributed by atoms with E-state index in [1.807, 2.05) is 6.07 Å². The third-order valence-electron chi connectivity index (χ3n) is 3.59. The van der Waals surface area contributed by atoms with E-state index in [2.05, 4.69) is 66.5 Å². The lowest BCUT2D eigenvalue weighted by Gasteiger charge is -2.21. The molecule has 2 aromatic rings. The lowest BCUT2D eigenvalue weighted by atomic mass is 10.1. The summed E-state index contributed by atoms with van der Waals surface area (Å²) in [5, 5.41) is 9.49. The molecule has 0 aliphatic carbocycles. The summed E-state index contributed by atoms with van der Waals surface area (Å²) in [5.41, 5.74) is 1.33. The molecule has 1 heterocycles. The highest BCUT2D eigenvalue weighted by Crippen LogP contribution is 2.15. The van der Waals surface area contributed by atoms with Crippen LogP contribution in [0.15, 0.2) is 47.8 Å². The molecule has 0 bridgehead atoms. The van der Waals surface area contributed by atoms with Crippen LogP contribution in [0.5, 0.6) is 0 Å². The van der Waals surface area contributed by atoms with Gasteiger partial charge in [-0.05, 0) is 35.6 Å². The van der Waals surface area contributed by atoms with Gasteiger partial charge in [0.25, 0.3) is 0 Å². The Bertz CT molecular complexity index is 553. The molecular formula is C17H24N3S2+. The SMILES string of the molecule is C[NH+](C)[C@H](CNC(=S)NCCc1ccccc1)c1cccs1. The van der Waals surface area contributed by atoms with Gasteiger partial charge in [-0.1, -0.05) is 36.4 Å². The second-order valence-corrected chi connectivity index (χ2v) is 6.91. The van der Waals surface area contributed by atoms with Crippen LogP contribution < -0.4 is 15.5 Å². The average Bonchev–Trinajstić information content (AvgIpc) is 3.02. The number of nitrogens with one attached hydrogen (secondary N) is 3. The van der Waals surface area contributed by atoms with E-state index in [1.165, 1.54) is 15.3 Å². The Kier molecular flexibility index (Phi) is 6.83. The number of hydrogen-bond donors (Lipinski definition) is 3. The van der Waals surface area contributed by atoms with Gasteiger partial charge in [0.15, 0.2) is 5.11 Å². The van der Waals surface area contributed by atoms with Gasteiger partial charge < -0.3 is 15.5 Å². The molecule has 0 aliphatic heterocycles. The molecule has 0 spiro atoms. The fraction of sp³-hybridized carbons (Fsp3) is 0.353. The summed E-state index contributed by atoms with van der Waals surface area (Å²) < 4.78 is 0. The second-order valence-electron chi connectivity index (χ2n) is 5.52. The normalized spacial score (nSPS) is 12.1. The zero-order valence-corrected chi connectivity index (χ0v) is 14.8. The van der Waals surface area contributed by atoms with Crippen LogP contribution in [0.2, 0.25) is 0 Å². The van der Waals surface area contributed by atoms with Crippen molar-refractivity contribution in [3.05, 3.63) is 58.3 Å². The summed E-state index contributed by atoms with van der Waals surface area (Å²) in [6, 6.07) is 15.2. The van der Waals surface area contributed by atoms with Gasteiger partial charge in [0.05, 0.1) is 25.5 Å². The molecule has 118 valence electrons. The molecule has 0 amide bonds. The minimum atomic E-state index is 0.425. The minimum Gasteiger partial charge on any atom is -0.362 e. The molecule has 22 heavy (non-hydrogen) atoms. The molecular weight excluding hydrogens is 310 g/mol. The smallest absolute Gasteiger partial charge is 0.166 e. The van der Waals surface area contributed by atoms with E-state index in [1.54, 1.807) is 11.3 Å². The van der Waals surface area contributed by atoms with E-state index in [9.17, 15) is 0 Å². The van der Waals surface area contributed by atoms with Gasteiger partial charge in [-0.2, -0.15) is 0 Å². The van der Waals surface area contributed by atoms with E-state index in [-0.39, 0.29) is 0 Å². The Morgan fingerprint density at radius 2 is 1.91 bits per heavy atom. The highest BCUT2D eigenvalue weighted by Gasteiger charge is 2.18. The van der Waals surface area contributed by atoms with Gasteiger partial charge in [-0.3, -0.25) is 0 Å². The lowest BCUT2D eigenvalue weighted by Crippen LogP contribution is -3.06. The predicted octanol–water partition coefficient (Wildman–Crippen LogP) is 1.64. The van der Waals surface area contributed by atoms with Crippen molar-refractivity contribution in [3.63, 3.8) is 0 Å². The number of quaternary nitrogens is 1. The van der Waals surface area contributed by atoms with Crippen LogP contribution in [-0.4, -0.2) is 32.3 Å². The maximum absolute atomic E-state index is 5.38. The van der Waals surface area contributed by atoms with Crippen LogP contribution in [0.1, 0.15) is 16.5 Å². The average molecular weight is 335 g/mol. The number of rotatable bonds is 7. The molecule has 0 aliphatic rings. The number of likely N-dealkylation sites (N-methyl/N-ethyl adjacent to an activating group) is 1. The molecule has 0 saturated heterocycles. The third-order valence-corrected chi connectivity index (χ3v) is 4.87. The molecule has 3 N–H and O–H groups in total. The first kappa shape index (κ1) is 16.9. The van der Waals surface area contributed by atoms with Gasteiger partial charge >= 0.3 is 0 Å². The summed E-state index contributed by atoms with van der Waals surface area (Å²) in [7, 11) is 4.36. The second kappa shape index (κ2) is 8.88.